The van der Waals surface area contributed by atoms with Gasteiger partial charge in [0, 0.05) is 6.42 Å². The molecule has 0 aromatic heterocycles. The number of hydrogen-bond donors (Lipinski definition) is 2. The fraction of sp³-hybridized carbons (Fsp3) is 0.500. The lowest BCUT2D eigenvalue weighted by Gasteiger charge is -2.01. The van der Waals surface area contributed by atoms with Crippen molar-refractivity contribution in [3.8, 4) is 5.75 Å². The molecule has 4 heteroatoms. The van der Waals surface area contributed by atoms with Gasteiger partial charge in [0.05, 0.1) is 6.21 Å². The van der Waals surface area contributed by atoms with Gasteiger partial charge in [-0.05, 0) is 24.1 Å². The maximum absolute atomic E-state index is 11.5. The topological polar surface area (TPSA) is 61.7 Å². The van der Waals surface area contributed by atoms with Crippen LogP contribution in [0.3, 0.4) is 0 Å². The molecular weight excluding hydrogens is 252 g/mol. The minimum atomic E-state index is -0.0584. The highest BCUT2D eigenvalue weighted by molar-refractivity contribution is 5.82. The first-order valence-electron chi connectivity index (χ1n) is 7.33. The molecule has 110 valence electrons. The summed E-state index contributed by atoms with van der Waals surface area (Å²) in [5.41, 5.74) is 3.26. The lowest BCUT2D eigenvalue weighted by atomic mass is 10.1. The number of benzene rings is 1. The summed E-state index contributed by atoms with van der Waals surface area (Å²) in [5.74, 6) is 0.129. The van der Waals surface area contributed by atoms with Gasteiger partial charge in [-0.25, -0.2) is 5.43 Å². The van der Waals surface area contributed by atoms with Crippen molar-refractivity contribution >= 4 is 12.1 Å². The molecule has 0 aliphatic heterocycles. The third-order valence-electron chi connectivity index (χ3n) is 3.03. The number of aromatic hydroxyl groups is 1. The normalized spacial score (nSPS) is 10.8. The summed E-state index contributed by atoms with van der Waals surface area (Å²) in [5, 5.41) is 13.2. The number of nitrogens with one attached hydrogen (secondary N) is 1. The van der Waals surface area contributed by atoms with Crippen molar-refractivity contribution in [1.29, 1.82) is 0 Å². The van der Waals surface area contributed by atoms with Gasteiger partial charge in [-0.2, -0.15) is 5.10 Å². The van der Waals surface area contributed by atoms with Crippen molar-refractivity contribution in [1.82, 2.24) is 5.43 Å². The fourth-order valence-corrected chi connectivity index (χ4v) is 1.91. The number of hydrazone groups is 1. The van der Waals surface area contributed by atoms with Crippen LogP contribution in [0.25, 0.3) is 0 Å². The maximum atomic E-state index is 11.5. The van der Waals surface area contributed by atoms with Gasteiger partial charge in [0.25, 0.3) is 0 Å². The molecule has 1 amide bonds. The van der Waals surface area contributed by atoms with Crippen molar-refractivity contribution in [2.45, 2.75) is 51.9 Å². The fourth-order valence-electron chi connectivity index (χ4n) is 1.91. The van der Waals surface area contributed by atoms with Crippen LogP contribution in [-0.4, -0.2) is 17.2 Å². The molecule has 0 unspecified atom stereocenters. The van der Waals surface area contributed by atoms with Crippen LogP contribution in [-0.2, 0) is 4.79 Å². The Kier molecular flexibility index (Phi) is 8.11. The third kappa shape index (κ3) is 7.56. The average molecular weight is 276 g/mol. The highest BCUT2D eigenvalue weighted by Gasteiger charge is 1.99. The Morgan fingerprint density at radius 3 is 2.75 bits per heavy atom. The number of nitrogens with zero attached hydrogens (tertiary/aromatic N) is 1. The summed E-state index contributed by atoms with van der Waals surface area (Å²) in [6.07, 6.45) is 9.04. The number of rotatable bonds is 9. The van der Waals surface area contributed by atoms with E-state index in [9.17, 15) is 9.90 Å². The zero-order chi connectivity index (χ0) is 14.6. The predicted octanol–water partition coefficient (Wildman–Crippen LogP) is 3.59. The SMILES string of the molecule is CCCCCCCCC(=O)NN=Cc1cccc(O)c1. The first-order valence-corrected chi connectivity index (χ1v) is 7.33. The second-order valence-electron chi connectivity index (χ2n) is 4.91. The number of unbranched alkanes of at least 4 members (excludes halogenated alkanes) is 5. The standard InChI is InChI=1S/C16H24N2O2/c1-2-3-4-5-6-7-11-16(20)18-17-13-14-9-8-10-15(19)12-14/h8-10,12-13,19H,2-7,11H2,1H3,(H,18,20). The van der Waals surface area contributed by atoms with Crippen LogP contribution in [0, 0.1) is 0 Å². The Morgan fingerprint density at radius 1 is 1.25 bits per heavy atom. The molecule has 1 aromatic carbocycles. The van der Waals surface area contributed by atoms with Crippen molar-refractivity contribution in [3.63, 3.8) is 0 Å². The highest BCUT2D eigenvalue weighted by Crippen LogP contribution is 2.09. The van der Waals surface area contributed by atoms with Gasteiger partial charge in [-0.1, -0.05) is 51.2 Å². The zero-order valence-corrected chi connectivity index (χ0v) is 12.1. The Bertz CT molecular complexity index is 430. The highest BCUT2D eigenvalue weighted by atomic mass is 16.3. The molecule has 0 fully saturated rings. The molecule has 0 atom stereocenters. The minimum Gasteiger partial charge on any atom is -0.508 e. The van der Waals surface area contributed by atoms with Gasteiger partial charge in [-0.15, -0.1) is 0 Å². The summed E-state index contributed by atoms with van der Waals surface area (Å²) in [6.45, 7) is 2.19. The monoisotopic (exact) mass is 276 g/mol. The largest absolute Gasteiger partial charge is 0.508 e. The molecule has 0 radical (unpaired) electrons. The van der Waals surface area contributed by atoms with Crippen LogP contribution in [0.2, 0.25) is 0 Å². The molecule has 1 rings (SSSR count). The molecule has 1 aromatic rings. The average Bonchev–Trinajstić information content (AvgIpc) is 2.43. The molecule has 0 aliphatic carbocycles. The van der Waals surface area contributed by atoms with Gasteiger partial charge in [0.15, 0.2) is 0 Å². The van der Waals surface area contributed by atoms with Gasteiger partial charge >= 0.3 is 0 Å². The molecule has 0 heterocycles. The Balaban J connectivity index is 2.13. The van der Waals surface area contributed by atoms with E-state index in [0.29, 0.717) is 6.42 Å². The van der Waals surface area contributed by atoms with E-state index in [2.05, 4.69) is 17.5 Å². The maximum Gasteiger partial charge on any atom is 0.240 e. The number of amides is 1. The number of carbonyl (C=O) groups excluding carboxylic acids is 1. The van der Waals surface area contributed by atoms with E-state index in [1.54, 1.807) is 18.2 Å². The van der Waals surface area contributed by atoms with Crippen molar-refractivity contribution < 1.29 is 9.90 Å². The van der Waals surface area contributed by atoms with E-state index >= 15 is 0 Å². The third-order valence-corrected chi connectivity index (χ3v) is 3.03. The van der Waals surface area contributed by atoms with E-state index in [4.69, 9.17) is 0 Å². The molecule has 0 aliphatic rings. The summed E-state index contributed by atoms with van der Waals surface area (Å²) in [6, 6.07) is 6.72. The Labute approximate surface area is 120 Å². The number of carbonyl (C=O) groups is 1. The molecule has 0 bridgehead atoms. The quantitative estimate of drug-likeness (QED) is 0.411. The number of phenolic OH excluding ortho intramolecular Hbond substituents is 1. The van der Waals surface area contributed by atoms with Gasteiger partial charge in [-0.3, -0.25) is 4.79 Å². The van der Waals surface area contributed by atoms with Crippen LogP contribution in [0.15, 0.2) is 29.4 Å². The summed E-state index contributed by atoms with van der Waals surface area (Å²) < 4.78 is 0. The first-order chi connectivity index (χ1) is 9.72. The molecule has 0 saturated heterocycles. The zero-order valence-electron chi connectivity index (χ0n) is 12.1. The van der Waals surface area contributed by atoms with Crippen LogP contribution < -0.4 is 5.43 Å². The molecule has 4 nitrogen and oxygen atoms in total. The van der Waals surface area contributed by atoms with Crippen LogP contribution >= 0.6 is 0 Å². The number of hydrogen-bond acceptors (Lipinski definition) is 3. The Morgan fingerprint density at radius 2 is 2.00 bits per heavy atom. The van der Waals surface area contributed by atoms with Crippen molar-refractivity contribution in [3.05, 3.63) is 29.8 Å². The van der Waals surface area contributed by atoms with Gasteiger partial charge in [0.2, 0.25) is 5.91 Å². The van der Waals surface area contributed by atoms with E-state index in [0.717, 1.165) is 18.4 Å². The summed E-state index contributed by atoms with van der Waals surface area (Å²) in [4.78, 5) is 11.5. The summed E-state index contributed by atoms with van der Waals surface area (Å²) >= 11 is 0. The van der Waals surface area contributed by atoms with Crippen LogP contribution in [0.1, 0.15) is 57.4 Å². The molecule has 0 saturated carbocycles. The minimum absolute atomic E-state index is 0.0584. The number of phenols is 1. The summed E-state index contributed by atoms with van der Waals surface area (Å²) in [7, 11) is 0. The van der Waals surface area contributed by atoms with E-state index in [1.807, 2.05) is 6.07 Å². The van der Waals surface area contributed by atoms with Crippen molar-refractivity contribution in [2.75, 3.05) is 0 Å². The smallest absolute Gasteiger partial charge is 0.240 e. The first kappa shape index (κ1) is 16.2. The van der Waals surface area contributed by atoms with Gasteiger partial charge < -0.3 is 5.11 Å². The second-order valence-corrected chi connectivity index (χ2v) is 4.91. The van der Waals surface area contributed by atoms with Crippen LogP contribution in [0.4, 0.5) is 0 Å². The molecule has 2 N–H and O–H groups in total. The second kappa shape index (κ2) is 10.0. The molecule has 0 spiro atoms. The molecule has 20 heavy (non-hydrogen) atoms. The van der Waals surface area contributed by atoms with E-state index in [1.165, 1.54) is 31.9 Å². The lowest BCUT2D eigenvalue weighted by Crippen LogP contribution is -2.16. The van der Waals surface area contributed by atoms with E-state index < -0.39 is 0 Å². The predicted molar refractivity (Wildman–Crippen MR) is 81.8 cm³/mol. The van der Waals surface area contributed by atoms with Crippen LogP contribution in [0.5, 0.6) is 5.75 Å². The Hall–Kier alpha value is -1.84. The van der Waals surface area contributed by atoms with Gasteiger partial charge in [0.1, 0.15) is 5.75 Å². The van der Waals surface area contributed by atoms with Crippen molar-refractivity contribution in [2.24, 2.45) is 5.10 Å². The lowest BCUT2D eigenvalue weighted by molar-refractivity contribution is -0.121. The van der Waals surface area contributed by atoms with E-state index in [-0.39, 0.29) is 11.7 Å². The molecular formula is C16H24N2O2.